The van der Waals surface area contributed by atoms with Gasteiger partial charge < -0.3 is 15.3 Å². The number of rotatable bonds is 5. The van der Waals surface area contributed by atoms with E-state index in [4.69, 9.17) is 5.11 Å². The van der Waals surface area contributed by atoms with Gasteiger partial charge in [-0.15, -0.1) is 0 Å². The molecule has 2 amide bonds. The molecule has 2 heterocycles. The number of nitrogens with zero attached hydrogens (tertiary/aromatic N) is 2. The predicted molar refractivity (Wildman–Crippen MR) is 104 cm³/mol. The molecule has 2 atom stereocenters. The van der Waals surface area contributed by atoms with Crippen molar-refractivity contribution in [3.8, 4) is 0 Å². The van der Waals surface area contributed by atoms with Gasteiger partial charge in [0, 0.05) is 32.2 Å². The quantitative estimate of drug-likeness (QED) is 0.832. The molecule has 1 aromatic rings. The van der Waals surface area contributed by atoms with E-state index in [9.17, 15) is 9.59 Å². The Labute approximate surface area is 161 Å². The van der Waals surface area contributed by atoms with Crippen LogP contribution in [0.2, 0.25) is 0 Å². The molecule has 0 aliphatic carbocycles. The summed E-state index contributed by atoms with van der Waals surface area (Å²) in [5.41, 5.74) is 2.37. The third-order valence-electron chi connectivity index (χ3n) is 5.85. The minimum atomic E-state index is -0.814. The van der Waals surface area contributed by atoms with Crippen LogP contribution in [-0.4, -0.2) is 52.6 Å². The number of aliphatic carboxylic acids is 1. The Bertz CT molecular complexity index is 647. The zero-order valence-corrected chi connectivity index (χ0v) is 16.2. The third kappa shape index (κ3) is 5.45. The molecule has 148 valence electrons. The van der Waals surface area contributed by atoms with Gasteiger partial charge in [-0.1, -0.05) is 30.7 Å². The van der Waals surface area contributed by atoms with Crippen LogP contribution in [0, 0.1) is 5.92 Å². The van der Waals surface area contributed by atoms with Gasteiger partial charge >= 0.3 is 12.0 Å². The van der Waals surface area contributed by atoms with Gasteiger partial charge in [0.15, 0.2) is 0 Å². The Morgan fingerprint density at radius 1 is 1.07 bits per heavy atom. The smallest absolute Gasteiger partial charge is 0.317 e. The maximum absolute atomic E-state index is 12.3. The van der Waals surface area contributed by atoms with Crippen LogP contribution >= 0.6 is 0 Å². The van der Waals surface area contributed by atoms with Gasteiger partial charge in [0.1, 0.15) is 0 Å². The lowest BCUT2D eigenvalue weighted by molar-refractivity contribution is -0.143. The van der Waals surface area contributed by atoms with Crippen molar-refractivity contribution in [2.24, 2.45) is 5.92 Å². The molecule has 2 N–H and O–H groups in total. The second-order valence-electron chi connectivity index (χ2n) is 7.91. The van der Waals surface area contributed by atoms with Crippen molar-refractivity contribution in [3.63, 3.8) is 0 Å². The Hall–Kier alpha value is -2.08. The first-order chi connectivity index (χ1) is 13.0. The number of piperidine rings is 2. The highest BCUT2D eigenvalue weighted by Crippen LogP contribution is 2.19. The second kappa shape index (κ2) is 9.22. The maximum Gasteiger partial charge on any atom is 0.317 e. The average molecular weight is 373 g/mol. The molecule has 2 aliphatic heterocycles. The van der Waals surface area contributed by atoms with E-state index in [0.717, 1.165) is 18.5 Å². The molecule has 0 bridgehead atoms. The first-order valence-corrected chi connectivity index (χ1v) is 10.1. The number of amides is 2. The number of urea groups is 1. The van der Waals surface area contributed by atoms with Gasteiger partial charge in [-0.3, -0.25) is 9.69 Å². The van der Waals surface area contributed by atoms with Crippen LogP contribution < -0.4 is 5.32 Å². The summed E-state index contributed by atoms with van der Waals surface area (Å²) in [5.74, 6) is -1.26. The van der Waals surface area contributed by atoms with E-state index < -0.39 is 11.9 Å². The molecule has 6 heteroatoms. The van der Waals surface area contributed by atoms with E-state index in [0.29, 0.717) is 32.1 Å². The van der Waals surface area contributed by atoms with Crippen molar-refractivity contribution in [2.75, 3.05) is 19.6 Å². The van der Waals surface area contributed by atoms with Crippen molar-refractivity contribution >= 4 is 12.0 Å². The van der Waals surface area contributed by atoms with Crippen molar-refractivity contribution in [2.45, 2.75) is 58.2 Å². The third-order valence-corrected chi connectivity index (χ3v) is 5.85. The van der Waals surface area contributed by atoms with Crippen molar-refractivity contribution in [1.82, 2.24) is 15.1 Å². The Kier molecular flexibility index (Phi) is 6.72. The van der Waals surface area contributed by atoms with Crippen LogP contribution in [-0.2, 0) is 17.9 Å². The normalized spacial score (nSPS) is 23.8. The SMILES string of the molecule is CC1CCCCN1Cc1ccc(CNC(=O)N2CCCC(C(=O)O)C2)cc1. The minimum absolute atomic E-state index is 0.174. The fourth-order valence-electron chi connectivity index (χ4n) is 4.04. The standard InChI is InChI=1S/C21H31N3O3/c1-16-5-2-3-11-23(16)14-18-9-7-17(8-10-18)13-22-21(27)24-12-4-6-19(15-24)20(25)26/h7-10,16,19H,2-6,11-15H2,1H3,(H,22,27)(H,25,26). The van der Waals surface area contributed by atoms with Crippen LogP contribution in [0.4, 0.5) is 4.79 Å². The summed E-state index contributed by atoms with van der Waals surface area (Å²) in [6, 6.07) is 8.90. The number of nitrogens with one attached hydrogen (secondary N) is 1. The lowest BCUT2D eigenvalue weighted by Crippen LogP contribution is -2.46. The first-order valence-electron chi connectivity index (χ1n) is 10.1. The van der Waals surface area contributed by atoms with E-state index in [-0.39, 0.29) is 6.03 Å². The zero-order valence-electron chi connectivity index (χ0n) is 16.2. The lowest BCUT2D eigenvalue weighted by atomic mass is 9.99. The number of likely N-dealkylation sites (tertiary alicyclic amines) is 2. The first kappa shape index (κ1) is 19.7. The highest BCUT2D eigenvalue weighted by Gasteiger charge is 2.27. The second-order valence-corrected chi connectivity index (χ2v) is 7.91. The summed E-state index contributed by atoms with van der Waals surface area (Å²) >= 11 is 0. The average Bonchev–Trinajstić information content (AvgIpc) is 2.69. The van der Waals surface area contributed by atoms with E-state index in [1.165, 1.54) is 31.4 Å². The highest BCUT2D eigenvalue weighted by atomic mass is 16.4. The van der Waals surface area contributed by atoms with Crippen LogP contribution in [0.3, 0.4) is 0 Å². The predicted octanol–water partition coefficient (Wildman–Crippen LogP) is 3.07. The Balaban J connectivity index is 1.47. The van der Waals surface area contributed by atoms with Crippen LogP contribution in [0.25, 0.3) is 0 Å². The summed E-state index contributed by atoms with van der Waals surface area (Å²) < 4.78 is 0. The number of carboxylic acids is 1. The number of benzene rings is 1. The summed E-state index contributed by atoms with van der Waals surface area (Å²) in [6.07, 6.45) is 5.29. The van der Waals surface area contributed by atoms with Crippen LogP contribution in [0.1, 0.15) is 50.2 Å². The van der Waals surface area contributed by atoms with E-state index in [1.54, 1.807) is 4.90 Å². The molecule has 2 fully saturated rings. The molecule has 6 nitrogen and oxygen atoms in total. The molecule has 27 heavy (non-hydrogen) atoms. The molecule has 1 aromatic carbocycles. The fourth-order valence-corrected chi connectivity index (χ4v) is 4.04. The number of hydrogen-bond acceptors (Lipinski definition) is 3. The number of carbonyl (C=O) groups excluding carboxylic acids is 1. The van der Waals surface area contributed by atoms with Gasteiger partial charge in [0.2, 0.25) is 0 Å². The van der Waals surface area contributed by atoms with E-state index >= 15 is 0 Å². The molecular formula is C21H31N3O3. The summed E-state index contributed by atoms with van der Waals surface area (Å²) in [6.45, 7) is 5.85. The molecule has 2 saturated heterocycles. The zero-order chi connectivity index (χ0) is 19.2. The van der Waals surface area contributed by atoms with Crippen molar-refractivity contribution in [3.05, 3.63) is 35.4 Å². The molecule has 0 radical (unpaired) electrons. The number of carboxylic acid groups (broad SMARTS) is 1. The lowest BCUT2D eigenvalue weighted by Gasteiger charge is -2.33. The molecule has 2 unspecified atom stereocenters. The molecule has 3 rings (SSSR count). The molecule has 0 spiro atoms. The van der Waals surface area contributed by atoms with Gasteiger partial charge in [0.25, 0.3) is 0 Å². The molecule has 0 saturated carbocycles. The fraction of sp³-hybridized carbons (Fsp3) is 0.619. The summed E-state index contributed by atoms with van der Waals surface area (Å²) in [7, 11) is 0. The maximum atomic E-state index is 12.3. The molecular weight excluding hydrogens is 342 g/mol. The van der Waals surface area contributed by atoms with E-state index in [2.05, 4.69) is 41.4 Å². The van der Waals surface area contributed by atoms with Crippen molar-refractivity contribution < 1.29 is 14.7 Å². The molecule has 2 aliphatic rings. The molecule has 0 aromatic heterocycles. The van der Waals surface area contributed by atoms with E-state index in [1.807, 2.05) is 0 Å². The van der Waals surface area contributed by atoms with Crippen molar-refractivity contribution in [1.29, 1.82) is 0 Å². The van der Waals surface area contributed by atoms with Crippen LogP contribution in [0.5, 0.6) is 0 Å². The Morgan fingerprint density at radius 2 is 1.81 bits per heavy atom. The van der Waals surface area contributed by atoms with Gasteiger partial charge in [0.05, 0.1) is 5.92 Å². The van der Waals surface area contributed by atoms with Crippen LogP contribution in [0.15, 0.2) is 24.3 Å². The van der Waals surface area contributed by atoms with Gasteiger partial charge in [-0.05, 0) is 50.3 Å². The minimum Gasteiger partial charge on any atom is -0.481 e. The highest BCUT2D eigenvalue weighted by molar-refractivity contribution is 5.76. The van der Waals surface area contributed by atoms with Gasteiger partial charge in [-0.25, -0.2) is 4.79 Å². The number of carbonyl (C=O) groups is 2. The summed E-state index contributed by atoms with van der Waals surface area (Å²) in [4.78, 5) is 27.6. The Morgan fingerprint density at radius 3 is 2.52 bits per heavy atom. The topological polar surface area (TPSA) is 72.9 Å². The van der Waals surface area contributed by atoms with Gasteiger partial charge in [-0.2, -0.15) is 0 Å². The monoisotopic (exact) mass is 373 g/mol. The summed E-state index contributed by atoms with van der Waals surface area (Å²) in [5, 5.41) is 12.1. The largest absolute Gasteiger partial charge is 0.481 e. The number of hydrogen-bond donors (Lipinski definition) is 2.